The number of hydrogen-bond donors (Lipinski definition) is 6. The van der Waals surface area contributed by atoms with Crippen molar-refractivity contribution in [2.24, 2.45) is 11.5 Å². The monoisotopic (exact) mass is 697 g/mol. The van der Waals surface area contributed by atoms with E-state index in [1.165, 1.54) is 64.2 Å². The molecule has 31 heavy (non-hydrogen) atoms. The van der Waals surface area contributed by atoms with Crippen molar-refractivity contribution in [1.82, 2.24) is 21.3 Å². The molecule has 0 saturated heterocycles. The normalized spacial score (nSPS) is 16.1. The molecule has 0 aromatic heterocycles. The van der Waals surface area contributed by atoms with Crippen LogP contribution in [0, 0.1) is 0 Å². The van der Waals surface area contributed by atoms with E-state index in [0.29, 0.717) is 12.1 Å². The minimum atomic E-state index is 0. The van der Waals surface area contributed by atoms with Crippen molar-refractivity contribution in [3.05, 3.63) is 0 Å². The van der Waals surface area contributed by atoms with E-state index in [-0.39, 0.29) is 45.9 Å². The summed E-state index contributed by atoms with van der Waals surface area (Å²) in [6.07, 6.45) is 15.1. The second-order valence-corrected chi connectivity index (χ2v) is 8.57. The van der Waals surface area contributed by atoms with Gasteiger partial charge in [0.15, 0.2) is 10.2 Å². The van der Waals surface area contributed by atoms with Crippen LogP contribution < -0.4 is 32.7 Å². The van der Waals surface area contributed by atoms with Gasteiger partial charge in [-0.1, -0.05) is 38.5 Å². The Bertz CT molecular complexity index is 388. The van der Waals surface area contributed by atoms with Gasteiger partial charge in [-0.15, -0.1) is 24.8 Å². The number of hydrogen-bond acceptors (Lipinski definition) is 4. The molecule has 188 valence electrons. The summed E-state index contributed by atoms with van der Waals surface area (Å²) in [7, 11) is 0. The second-order valence-electron chi connectivity index (χ2n) is 7.75. The number of rotatable bonds is 8. The van der Waals surface area contributed by atoms with Gasteiger partial charge in [-0.2, -0.15) is 0 Å². The van der Waals surface area contributed by atoms with Crippen molar-refractivity contribution in [1.29, 1.82) is 0 Å². The van der Waals surface area contributed by atoms with E-state index in [1.807, 2.05) is 0 Å². The molecular weight excluding hydrogens is 654 g/mol. The van der Waals surface area contributed by atoms with Crippen molar-refractivity contribution in [2.45, 2.75) is 89.1 Å². The Morgan fingerprint density at radius 3 is 1.26 bits per heavy atom. The molecule has 2 rings (SSSR count). The molecule has 2 saturated carbocycles. The summed E-state index contributed by atoms with van der Waals surface area (Å²) in [4.78, 5) is 0. The molecule has 11 heteroatoms. The molecule has 0 heterocycles. The van der Waals surface area contributed by atoms with Crippen molar-refractivity contribution in [2.75, 3.05) is 26.2 Å². The van der Waals surface area contributed by atoms with Crippen LogP contribution in [0.1, 0.15) is 77.0 Å². The van der Waals surface area contributed by atoms with Crippen LogP contribution in [-0.4, -0.2) is 48.5 Å². The van der Waals surface area contributed by atoms with Gasteiger partial charge in [-0.25, -0.2) is 0 Å². The molecule has 2 aliphatic rings. The summed E-state index contributed by atoms with van der Waals surface area (Å²) >= 11 is 10.4. The molecule has 0 bridgehead atoms. The largest absolute Gasteiger partial charge is 2.00 e. The minimum Gasteiger partial charge on any atom is -0.363 e. The van der Waals surface area contributed by atoms with Crippen LogP contribution in [-0.2, 0) is 21.1 Å². The Morgan fingerprint density at radius 2 is 0.968 bits per heavy atom. The van der Waals surface area contributed by atoms with Crippen molar-refractivity contribution in [3.63, 3.8) is 0 Å². The van der Waals surface area contributed by atoms with Gasteiger partial charge in [0.05, 0.1) is 0 Å². The molecule has 6 nitrogen and oxygen atoms in total. The Kier molecular flexibility index (Phi) is 29.4. The Morgan fingerprint density at radius 1 is 0.645 bits per heavy atom. The first-order chi connectivity index (χ1) is 13.7. The summed E-state index contributed by atoms with van der Waals surface area (Å²) in [6.45, 7) is 3.21. The first kappa shape index (κ1) is 36.1. The maximum atomic E-state index is 5.40. The second kappa shape index (κ2) is 25.2. The van der Waals surface area contributed by atoms with E-state index < -0.39 is 0 Å². The van der Waals surface area contributed by atoms with Crippen LogP contribution in [0.2, 0.25) is 0 Å². The summed E-state index contributed by atoms with van der Waals surface area (Å²) in [5.74, 6) is 0. The Labute approximate surface area is 227 Å². The van der Waals surface area contributed by atoms with Crippen LogP contribution in [0.5, 0.6) is 0 Å². The molecule has 0 amide bonds. The SMILES string of the molecule is Cl.Cl.NCCCNC(=S)NC1CCCCC1.NCCCNC(=S)NC1CCCCC1.[Pt+2]. The van der Waals surface area contributed by atoms with E-state index in [1.54, 1.807) is 0 Å². The van der Waals surface area contributed by atoms with Gasteiger partial charge in [0.1, 0.15) is 0 Å². The number of nitrogens with one attached hydrogen (secondary N) is 4. The van der Waals surface area contributed by atoms with E-state index in [4.69, 9.17) is 35.9 Å². The molecule has 0 spiro atoms. The maximum absolute atomic E-state index is 5.40. The number of halogens is 2. The fourth-order valence-electron chi connectivity index (χ4n) is 3.57. The fraction of sp³-hybridized carbons (Fsp3) is 0.900. The standard InChI is InChI=1S/2C10H21N3S.2ClH.Pt/c2*11-7-4-8-12-10(14)13-9-5-2-1-3-6-9;;;/h2*9H,1-8,11H2,(H2,12,13,14);2*1H;/q;;;;+2. The number of thiocarbonyl (C=S) groups is 2. The minimum absolute atomic E-state index is 0. The zero-order chi connectivity index (χ0) is 20.5. The van der Waals surface area contributed by atoms with Crippen LogP contribution >= 0.6 is 49.2 Å². The van der Waals surface area contributed by atoms with Crippen molar-refractivity contribution < 1.29 is 21.1 Å². The molecule has 2 aliphatic carbocycles. The van der Waals surface area contributed by atoms with Gasteiger partial charge in [0.2, 0.25) is 0 Å². The third-order valence-electron chi connectivity index (χ3n) is 5.21. The van der Waals surface area contributed by atoms with Crippen molar-refractivity contribution in [3.8, 4) is 0 Å². The molecule has 0 aliphatic heterocycles. The number of nitrogens with two attached hydrogens (primary N) is 2. The predicted octanol–water partition coefficient (Wildman–Crippen LogP) is 3.11. The molecular formula is C20H44Cl2N6PtS2+2. The zero-order valence-electron chi connectivity index (χ0n) is 18.6. The smallest absolute Gasteiger partial charge is 0.363 e. The third kappa shape index (κ3) is 20.9. The quantitative estimate of drug-likeness (QED) is 0.170. The van der Waals surface area contributed by atoms with Gasteiger partial charge < -0.3 is 32.7 Å². The van der Waals surface area contributed by atoms with E-state index in [9.17, 15) is 0 Å². The first-order valence-corrected chi connectivity index (χ1v) is 12.0. The van der Waals surface area contributed by atoms with E-state index in [0.717, 1.165) is 49.2 Å². The molecule has 2 fully saturated rings. The van der Waals surface area contributed by atoms with Gasteiger partial charge in [-0.3, -0.25) is 0 Å². The summed E-state index contributed by atoms with van der Waals surface area (Å²) in [6, 6.07) is 1.20. The zero-order valence-corrected chi connectivity index (χ0v) is 24.1. The van der Waals surface area contributed by atoms with Gasteiger partial charge >= 0.3 is 21.1 Å². The Balaban J connectivity index is -0.000000461. The van der Waals surface area contributed by atoms with Gasteiger partial charge in [0, 0.05) is 25.2 Å². The maximum Gasteiger partial charge on any atom is 2.00 e. The Hall–Kier alpha value is 0.568. The van der Waals surface area contributed by atoms with Gasteiger partial charge in [-0.05, 0) is 76.1 Å². The fourth-order valence-corrected chi connectivity index (χ4v) is 4.11. The van der Waals surface area contributed by atoms with E-state index >= 15 is 0 Å². The third-order valence-corrected chi connectivity index (χ3v) is 5.74. The van der Waals surface area contributed by atoms with Crippen LogP contribution in [0.15, 0.2) is 0 Å². The van der Waals surface area contributed by atoms with Crippen LogP contribution in [0.4, 0.5) is 0 Å². The average molecular weight is 699 g/mol. The molecule has 0 radical (unpaired) electrons. The predicted molar refractivity (Wildman–Crippen MR) is 143 cm³/mol. The molecule has 8 N–H and O–H groups in total. The topological polar surface area (TPSA) is 100 Å². The summed E-state index contributed by atoms with van der Waals surface area (Å²) in [5.41, 5.74) is 10.8. The summed E-state index contributed by atoms with van der Waals surface area (Å²) < 4.78 is 0. The first-order valence-electron chi connectivity index (χ1n) is 11.1. The van der Waals surface area contributed by atoms with Crippen molar-refractivity contribution >= 4 is 59.5 Å². The molecule has 0 unspecified atom stereocenters. The van der Waals surface area contributed by atoms with Crippen LogP contribution in [0.3, 0.4) is 0 Å². The van der Waals surface area contributed by atoms with Crippen LogP contribution in [0.25, 0.3) is 0 Å². The van der Waals surface area contributed by atoms with Gasteiger partial charge in [0.25, 0.3) is 0 Å². The van der Waals surface area contributed by atoms with E-state index in [2.05, 4.69) is 21.3 Å². The molecule has 0 aromatic rings. The average Bonchev–Trinajstić information content (AvgIpc) is 2.70. The molecule has 0 aromatic carbocycles. The molecule has 0 atom stereocenters. The summed E-state index contributed by atoms with van der Waals surface area (Å²) in [5, 5.41) is 14.7.